The van der Waals surface area contributed by atoms with E-state index >= 15 is 0 Å². The lowest BCUT2D eigenvalue weighted by molar-refractivity contribution is 0.0646. The van der Waals surface area contributed by atoms with Gasteiger partial charge in [-0.25, -0.2) is 18.3 Å². The van der Waals surface area contributed by atoms with Gasteiger partial charge in [-0.1, -0.05) is 6.07 Å². The zero-order chi connectivity index (χ0) is 23.4. The van der Waals surface area contributed by atoms with Crippen molar-refractivity contribution >= 4 is 11.4 Å². The molecule has 0 fully saturated rings. The molecule has 1 amide bonds. The highest BCUT2D eigenvalue weighted by atomic mass is 19.3. The minimum absolute atomic E-state index is 0.166. The molecule has 0 bridgehead atoms. The fourth-order valence-corrected chi connectivity index (χ4v) is 4.23. The molecule has 11 nitrogen and oxygen atoms in total. The number of fused-ring (bicyclic) bond motifs is 2. The minimum Gasteiger partial charge on any atom is -0.412 e. The van der Waals surface area contributed by atoms with Gasteiger partial charge in [-0.15, -0.1) is 10.2 Å². The first-order valence-corrected chi connectivity index (χ1v) is 10.4. The van der Waals surface area contributed by atoms with E-state index in [1.807, 2.05) is 0 Å². The predicted octanol–water partition coefficient (Wildman–Crippen LogP) is 2.57. The van der Waals surface area contributed by atoms with Crippen LogP contribution in [0.1, 0.15) is 45.9 Å². The largest absolute Gasteiger partial charge is 0.412 e. The molecule has 0 spiro atoms. The van der Waals surface area contributed by atoms with Crippen molar-refractivity contribution < 1.29 is 18.0 Å². The molecular weight excluding hydrogens is 448 g/mol. The molecule has 0 unspecified atom stereocenters. The number of alkyl halides is 2. The number of imidazole rings is 1. The van der Waals surface area contributed by atoms with Crippen molar-refractivity contribution in [3.05, 3.63) is 71.7 Å². The number of halogens is 2. The Morgan fingerprint density at radius 1 is 1.29 bits per heavy atom. The molecule has 34 heavy (non-hydrogen) atoms. The normalized spacial score (nSPS) is 15.9. The van der Waals surface area contributed by atoms with Crippen molar-refractivity contribution in [2.75, 3.05) is 6.54 Å². The van der Waals surface area contributed by atoms with E-state index < -0.39 is 18.4 Å². The monoisotopic (exact) mass is 465 g/mol. The molecule has 1 aliphatic rings. The first kappa shape index (κ1) is 20.2. The van der Waals surface area contributed by atoms with Gasteiger partial charge in [-0.2, -0.15) is 10.2 Å². The van der Waals surface area contributed by atoms with E-state index in [2.05, 4.69) is 30.4 Å². The molecule has 0 radical (unpaired) electrons. The predicted molar refractivity (Wildman–Crippen MR) is 112 cm³/mol. The summed E-state index contributed by atoms with van der Waals surface area (Å²) in [6, 6.07) is 5.50. The fourth-order valence-electron chi connectivity index (χ4n) is 4.23. The average molecular weight is 465 g/mol. The van der Waals surface area contributed by atoms with Crippen molar-refractivity contribution in [3.8, 4) is 11.5 Å². The Morgan fingerprint density at radius 3 is 2.97 bits per heavy atom. The maximum Gasteiger partial charge on any atom is 0.312 e. The number of hydrogen-bond donors (Lipinski definition) is 1. The highest BCUT2D eigenvalue weighted by molar-refractivity contribution is 5.90. The number of carbonyl (C=O) groups excluding carboxylic acids is 1. The quantitative estimate of drug-likeness (QED) is 0.433. The van der Waals surface area contributed by atoms with Gasteiger partial charge < -0.3 is 14.3 Å². The molecular formula is C21H17F2N9O2. The number of amides is 1. The number of nitrogens with one attached hydrogen (secondary N) is 1. The molecule has 0 aliphatic carbocycles. The molecule has 172 valence electrons. The smallest absolute Gasteiger partial charge is 0.312 e. The second-order valence-corrected chi connectivity index (χ2v) is 7.89. The number of carbonyl (C=O) groups is 1. The van der Waals surface area contributed by atoms with Crippen LogP contribution in [-0.2, 0) is 13.5 Å². The molecule has 0 aromatic carbocycles. The number of H-pyrrole nitrogens is 1. The van der Waals surface area contributed by atoms with Crippen molar-refractivity contribution in [1.29, 1.82) is 0 Å². The summed E-state index contributed by atoms with van der Waals surface area (Å²) in [5.74, 6) is -0.535. The third-order valence-corrected chi connectivity index (χ3v) is 5.78. The number of aromatic amines is 1. The van der Waals surface area contributed by atoms with Gasteiger partial charge in [-0.3, -0.25) is 9.48 Å². The zero-order valence-corrected chi connectivity index (χ0v) is 17.8. The molecule has 13 heteroatoms. The average Bonchev–Trinajstić information content (AvgIpc) is 3.62. The molecule has 6 rings (SSSR count). The number of aryl methyl sites for hydroxylation is 1. The summed E-state index contributed by atoms with van der Waals surface area (Å²) in [6.07, 6.45) is 2.61. The van der Waals surface area contributed by atoms with E-state index in [0.717, 1.165) is 5.69 Å². The molecule has 5 aromatic rings. The van der Waals surface area contributed by atoms with Crippen LogP contribution in [0.4, 0.5) is 8.78 Å². The lowest BCUT2D eigenvalue weighted by Crippen LogP contribution is -2.41. The van der Waals surface area contributed by atoms with Crippen LogP contribution in [0.15, 0.2) is 47.4 Å². The van der Waals surface area contributed by atoms with Gasteiger partial charge in [0, 0.05) is 31.9 Å². The highest BCUT2D eigenvalue weighted by Crippen LogP contribution is 2.35. The van der Waals surface area contributed by atoms with E-state index in [9.17, 15) is 13.6 Å². The summed E-state index contributed by atoms with van der Waals surface area (Å²) in [6.45, 7) is 0.318. The summed E-state index contributed by atoms with van der Waals surface area (Å²) >= 11 is 0. The number of rotatable bonds is 4. The summed E-state index contributed by atoms with van der Waals surface area (Å²) in [7, 11) is 1.75. The Morgan fingerprint density at radius 2 is 2.18 bits per heavy atom. The van der Waals surface area contributed by atoms with E-state index in [1.165, 1.54) is 15.5 Å². The Kier molecular flexibility index (Phi) is 4.50. The molecule has 0 saturated heterocycles. The standard InChI is InChI=1S/C21H17F2N9O2/c1-30-9-11(8-26-30)19-27-28-20(34-19)21(33)31-6-5-13-16(25-10-24-13)17(31)14-7-12-3-2-4-15(18(22)23)32(12)29-14/h2-4,7-10,17-18H,5-6H2,1H3,(H,24,25)/t17-/m1/s1. The highest BCUT2D eigenvalue weighted by Gasteiger charge is 2.38. The number of aromatic nitrogens is 8. The Bertz CT molecular complexity index is 1520. The molecule has 6 heterocycles. The minimum atomic E-state index is -2.70. The summed E-state index contributed by atoms with van der Waals surface area (Å²) in [5.41, 5.74) is 2.67. The second kappa shape index (κ2) is 7.57. The van der Waals surface area contributed by atoms with E-state index in [4.69, 9.17) is 4.42 Å². The van der Waals surface area contributed by atoms with Crippen LogP contribution in [0.25, 0.3) is 17.0 Å². The SMILES string of the molecule is Cn1cc(-c2nnc(C(=O)N3CCc4[nH]cnc4[C@H]3c3cc4cccc(C(F)F)n4n3)o2)cn1. The topological polar surface area (TPSA) is 123 Å². The first-order chi connectivity index (χ1) is 16.5. The zero-order valence-electron chi connectivity index (χ0n) is 17.8. The fraction of sp³-hybridized carbons (Fsp3) is 0.238. The van der Waals surface area contributed by atoms with E-state index in [0.29, 0.717) is 35.4 Å². The lowest BCUT2D eigenvalue weighted by atomic mass is 9.99. The van der Waals surface area contributed by atoms with Crippen LogP contribution < -0.4 is 0 Å². The molecule has 1 aliphatic heterocycles. The van der Waals surface area contributed by atoms with E-state index in [1.54, 1.807) is 48.6 Å². The van der Waals surface area contributed by atoms with Gasteiger partial charge in [0.1, 0.15) is 11.7 Å². The van der Waals surface area contributed by atoms with Crippen LogP contribution in [0.3, 0.4) is 0 Å². The van der Waals surface area contributed by atoms with Gasteiger partial charge in [0.25, 0.3) is 12.3 Å². The van der Waals surface area contributed by atoms with Crippen molar-refractivity contribution in [2.24, 2.45) is 7.05 Å². The summed E-state index contributed by atoms with van der Waals surface area (Å²) < 4.78 is 35.5. The third kappa shape index (κ3) is 3.16. The molecule has 1 atom stereocenters. The van der Waals surface area contributed by atoms with Crippen molar-refractivity contribution in [1.82, 2.24) is 44.5 Å². The first-order valence-electron chi connectivity index (χ1n) is 10.4. The lowest BCUT2D eigenvalue weighted by Gasteiger charge is -2.32. The van der Waals surface area contributed by atoms with Crippen LogP contribution >= 0.6 is 0 Å². The Labute approximate surface area is 190 Å². The number of nitrogens with zero attached hydrogens (tertiary/aromatic N) is 8. The molecule has 5 aromatic heterocycles. The van der Waals surface area contributed by atoms with Crippen LogP contribution in [0.5, 0.6) is 0 Å². The molecule has 1 N–H and O–H groups in total. The summed E-state index contributed by atoms with van der Waals surface area (Å²) in [5, 5.41) is 16.4. The van der Waals surface area contributed by atoms with Crippen LogP contribution in [0, 0.1) is 0 Å². The maximum absolute atomic E-state index is 13.5. The second-order valence-electron chi connectivity index (χ2n) is 7.89. The van der Waals surface area contributed by atoms with Gasteiger partial charge in [0.05, 0.1) is 35.0 Å². The van der Waals surface area contributed by atoms with Gasteiger partial charge in [0.15, 0.2) is 0 Å². The van der Waals surface area contributed by atoms with Gasteiger partial charge in [-0.05, 0) is 18.2 Å². The number of hydrogen-bond acceptors (Lipinski definition) is 7. The van der Waals surface area contributed by atoms with Crippen molar-refractivity contribution in [2.45, 2.75) is 18.9 Å². The van der Waals surface area contributed by atoms with Crippen LogP contribution in [0.2, 0.25) is 0 Å². The van der Waals surface area contributed by atoms with E-state index in [-0.39, 0.29) is 17.5 Å². The number of pyridine rings is 1. The van der Waals surface area contributed by atoms with Crippen LogP contribution in [-0.4, -0.2) is 56.9 Å². The van der Waals surface area contributed by atoms with Crippen molar-refractivity contribution in [3.63, 3.8) is 0 Å². The third-order valence-electron chi connectivity index (χ3n) is 5.78. The maximum atomic E-state index is 13.5. The van der Waals surface area contributed by atoms with Gasteiger partial charge >= 0.3 is 11.8 Å². The Balaban J connectivity index is 1.41. The molecule has 0 saturated carbocycles. The Hall–Kier alpha value is -4.42. The summed E-state index contributed by atoms with van der Waals surface area (Å²) in [4.78, 5) is 22.5. The van der Waals surface area contributed by atoms with Gasteiger partial charge in [0.2, 0.25) is 0 Å².